The number of amides is 2. The van der Waals surface area contributed by atoms with Crippen molar-refractivity contribution in [2.75, 3.05) is 0 Å². The van der Waals surface area contributed by atoms with E-state index in [1.165, 1.54) is 16.3 Å². The average Bonchev–Trinajstić information content (AvgIpc) is 3.28. The molecular weight excluding hydrogens is 376 g/mol. The van der Waals surface area contributed by atoms with Gasteiger partial charge < -0.3 is 5.32 Å². The smallest absolute Gasteiger partial charge is 0.307 e. The van der Waals surface area contributed by atoms with Gasteiger partial charge in [0, 0.05) is 17.9 Å². The summed E-state index contributed by atoms with van der Waals surface area (Å²) >= 11 is 0. The maximum Gasteiger partial charge on any atom is 0.333 e. The first-order valence-electron chi connectivity index (χ1n) is 9.77. The first-order chi connectivity index (χ1) is 13.3. The van der Waals surface area contributed by atoms with Crippen LogP contribution in [-0.4, -0.2) is 24.2 Å². The molecule has 1 fully saturated rings. The summed E-state index contributed by atoms with van der Waals surface area (Å²) in [4.78, 5) is 12.5. The third-order valence-corrected chi connectivity index (χ3v) is 6.32. The number of hydrogen-bond acceptors (Lipinski definition) is 4. The Balaban J connectivity index is 1.80. The van der Waals surface area contributed by atoms with Crippen LogP contribution in [0.4, 0.5) is 4.79 Å². The second-order valence-corrected chi connectivity index (χ2v) is 9.20. The topological polar surface area (TPSA) is 93.1 Å². The Morgan fingerprint density at radius 1 is 1.21 bits per heavy atom. The van der Waals surface area contributed by atoms with E-state index < -0.39 is 16.1 Å². The van der Waals surface area contributed by atoms with Crippen LogP contribution < -0.4 is 10.0 Å². The highest BCUT2D eigenvalue weighted by Crippen LogP contribution is 2.36. The minimum Gasteiger partial charge on any atom is -0.307 e. The molecule has 0 bridgehead atoms. The summed E-state index contributed by atoms with van der Waals surface area (Å²) in [6.07, 6.45) is 10.6. The Kier molecular flexibility index (Phi) is 6.07. The van der Waals surface area contributed by atoms with E-state index in [0.29, 0.717) is 5.70 Å². The number of nitrogens with zero attached hydrogens (tertiary/aromatic N) is 2. The molecule has 2 aliphatic carbocycles. The lowest BCUT2D eigenvalue weighted by atomic mass is 10.0. The van der Waals surface area contributed by atoms with Crippen molar-refractivity contribution in [1.82, 2.24) is 19.8 Å². The van der Waals surface area contributed by atoms with Gasteiger partial charge >= 0.3 is 6.03 Å². The lowest BCUT2D eigenvalue weighted by molar-refractivity contribution is 0.248. The van der Waals surface area contributed by atoms with Crippen molar-refractivity contribution < 1.29 is 13.2 Å². The van der Waals surface area contributed by atoms with Crippen LogP contribution in [-0.2, 0) is 10.0 Å². The van der Waals surface area contributed by atoms with Crippen LogP contribution >= 0.6 is 0 Å². The van der Waals surface area contributed by atoms with Crippen LogP contribution in [0.3, 0.4) is 0 Å². The molecule has 8 heteroatoms. The molecule has 1 aromatic rings. The van der Waals surface area contributed by atoms with E-state index in [1.54, 1.807) is 6.20 Å². The molecule has 0 saturated heterocycles. The Labute approximate surface area is 166 Å². The fraction of sp³-hybridized carbons (Fsp3) is 0.500. The van der Waals surface area contributed by atoms with Crippen LogP contribution in [0.5, 0.6) is 0 Å². The number of fused-ring (bicyclic) bond motifs is 1. The number of allylic oxidation sites excluding steroid dienone is 4. The average molecular weight is 405 g/mol. The monoisotopic (exact) mass is 404 g/mol. The number of rotatable bonds is 4. The van der Waals surface area contributed by atoms with Crippen molar-refractivity contribution in [3.8, 4) is 0 Å². The highest BCUT2D eigenvalue weighted by atomic mass is 32.2. The zero-order valence-corrected chi connectivity index (χ0v) is 17.3. The molecule has 1 heterocycles. The Morgan fingerprint density at radius 3 is 2.71 bits per heavy atom. The van der Waals surface area contributed by atoms with E-state index >= 15 is 0 Å². The zero-order chi connectivity index (χ0) is 20.3. The SMILES string of the molecule is C=C1CCCC/C=C2/CCC/C2=C/1NC(=O)NS(=O)(=O)c1ccn(C(C)C)n1. The fourth-order valence-electron chi connectivity index (χ4n) is 3.60. The Morgan fingerprint density at radius 2 is 2.00 bits per heavy atom. The maximum atomic E-state index is 12.5. The first-order valence-corrected chi connectivity index (χ1v) is 11.3. The van der Waals surface area contributed by atoms with E-state index in [4.69, 9.17) is 0 Å². The van der Waals surface area contributed by atoms with Crippen molar-refractivity contribution in [3.05, 3.63) is 47.3 Å². The minimum atomic E-state index is -4.05. The molecule has 2 N–H and O–H groups in total. The summed E-state index contributed by atoms with van der Waals surface area (Å²) < 4.78 is 28.6. The van der Waals surface area contributed by atoms with Gasteiger partial charge in [0.15, 0.2) is 5.03 Å². The number of aromatic nitrogens is 2. The third kappa shape index (κ3) is 4.55. The molecule has 2 aliphatic rings. The number of sulfonamides is 1. The maximum absolute atomic E-state index is 12.5. The first kappa shape index (κ1) is 20.4. The van der Waals surface area contributed by atoms with Gasteiger partial charge in [-0.25, -0.2) is 9.52 Å². The summed E-state index contributed by atoms with van der Waals surface area (Å²) in [5, 5.41) is 6.63. The zero-order valence-electron chi connectivity index (χ0n) is 16.5. The van der Waals surface area contributed by atoms with Gasteiger partial charge in [-0.05, 0) is 81.6 Å². The van der Waals surface area contributed by atoms with Gasteiger partial charge in [-0.15, -0.1) is 0 Å². The Bertz CT molecular complexity index is 938. The lowest BCUT2D eigenvalue weighted by Gasteiger charge is -2.16. The van der Waals surface area contributed by atoms with Gasteiger partial charge in [-0.2, -0.15) is 13.5 Å². The quantitative estimate of drug-likeness (QED) is 0.795. The van der Waals surface area contributed by atoms with Crippen LogP contribution in [0, 0.1) is 0 Å². The number of hydrogen-bond donors (Lipinski definition) is 2. The number of carbonyl (C=O) groups excluding carboxylic acids is 1. The molecule has 7 nitrogen and oxygen atoms in total. The van der Waals surface area contributed by atoms with Crippen molar-refractivity contribution in [2.45, 2.75) is 69.9 Å². The molecule has 0 aromatic carbocycles. The molecule has 0 radical (unpaired) electrons. The van der Waals surface area contributed by atoms with Gasteiger partial charge in [0.1, 0.15) is 0 Å². The molecule has 3 rings (SSSR count). The molecule has 0 spiro atoms. The third-order valence-electron chi connectivity index (χ3n) is 5.09. The molecule has 152 valence electrons. The molecule has 0 unspecified atom stereocenters. The largest absolute Gasteiger partial charge is 0.333 e. The predicted molar refractivity (Wildman–Crippen MR) is 108 cm³/mol. The molecule has 0 aliphatic heterocycles. The summed E-state index contributed by atoms with van der Waals surface area (Å²) in [5.74, 6) is 0. The minimum absolute atomic E-state index is 0.0273. The van der Waals surface area contributed by atoms with Gasteiger partial charge in [0.05, 0.1) is 0 Å². The lowest BCUT2D eigenvalue weighted by Crippen LogP contribution is -2.39. The second-order valence-electron chi connectivity index (χ2n) is 7.57. The van der Waals surface area contributed by atoms with Crippen molar-refractivity contribution in [3.63, 3.8) is 0 Å². The predicted octanol–water partition coefficient (Wildman–Crippen LogP) is 3.95. The van der Waals surface area contributed by atoms with Crippen molar-refractivity contribution in [2.24, 2.45) is 0 Å². The van der Waals surface area contributed by atoms with Crippen LogP contribution in [0.2, 0.25) is 0 Å². The normalized spacial score (nSPS) is 22.7. The second kappa shape index (κ2) is 8.34. The molecule has 1 saturated carbocycles. The highest BCUT2D eigenvalue weighted by Gasteiger charge is 2.25. The number of carbonyl (C=O) groups is 1. The molecule has 2 amide bonds. The molecule has 28 heavy (non-hydrogen) atoms. The van der Waals surface area contributed by atoms with E-state index in [-0.39, 0.29) is 11.1 Å². The number of nitrogens with one attached hydrogen (secondary N) is 2. The molecule has 1 aromatic heterocycles. The van der Waals surface area contributed by atoms with Crippen molar-refractivity contribution in [1.29, 1.82) is 0 Å². The number of urea groups is 1. The van der Waals surface area contributed by atoms with Gasteiger partial charge in [-0.3, -0.25) is 4.68 Å². The molecule has 0 atom stereocenters. The van der Waals surface area contributed by atoms with Crippen LogP contribution in [0.25, 0.3) is 0 Å². The van der Waals surface area contributed by atoms with Crippen molar-refractivity contribution >= 4 is 16.1 Å². The van der Waals surface area contributed by atoms with E-state index in [9.17, 15) is 13.2 Å². The van der Waals surface area contributed by atoms with E-state index in [2.05, 4.69) is 27.8 Å². The molecular formula is C20H28N4O3S. The van der Waals surface area contributed by atoms with Crippen LogP contribution in [0.15, 0.2) is 52.4 Å². The van der Waals surface area contributed by atoms with E-state index in [1.807, 2.05) is 13.8 Å². The van der Waals surface area contributed by atoms with E-state index in [0.717, 1.165) is 56.1 Å². The Hall–Kier alpha value is -2.35. The highest BCUT2D eigenvalue weighted by molar-refractivity contribution is 7.90. The van der Waals surface area contributed by atoms with Gasteiger partial charge in [0.25, 0.3) is 10.0 Å². The fourth-order valence-corrected chi connectivity index (χ4v) is 4.45. The van der Waals surface area contributed by atoms with Crippen LogP contribution in [0.1, 0.15) is 64.8 Å². The summed E-state index contributed by atoms with van der Waals surface area (Å²) in [6.45, 7) is 7.93. The summed E-state index contributed by atoms with van der Waals surface area (Å²) in [6, 6.07) is 0.626. The van der Waals surface area contributed by atoms with Gasteiger partial charge in [-0.1, -0.05) is 12.7 Å². The summed E-state index contributed by atoms with van der Waals surface area (Å²) in [7, 11) is -4.05. The summed E-state index contributed by atoms with van der Waals surface area (Å²) in [5.41, 5.74) is 3.85. The standard InChI is InChI=1S/C20H28N4O3S/c1-14(2)24-13-12-18(22-24)28(26,27)23-20(25)21-19-15(3)8-5-4-6-9-16-10-7-11-17(16)19/h9,12-14H,3-8,10-11H2,1-2H3,(H2,21,23,25)/b16-9-,19-17+. The van der Waals surface area contributed by atoms with Gasteiger partial charge in [0.2, 0.25) is 0 Å².